The van der Waals surface area contributed by atoms with Crippen molar-refractivity contribution in [2.45, 2.75) is 36.6 Å². The van der Waals surface area contributed by atoms with Crippen LogP contribution in [0.1, 0.15) is 35.6 Å². The Morgan fingerprint density at radius 1 is 1.21 bits per heavy atom. The normalized spacial score (nSPS) is 11.3. The molecule has 2 aromatic heterocycles. The molecule has 0 aliphatic carbocycles. The van der Waals surface area contributed by atoms with E-state index < -0.39 is 0 Å². The van der Waals surface area contributed by atoms with E-state index in [9.17, 15) is 4.79 Å². The molecule has 0 aliphatic heterocycles. The number of aryl methyl sites for hydroxylation is 1. The van der Waals surface area contributed by atoms with Crippen molar-refractivity contribution in [1.29, 1.82) is 0 Å². The number of pyridine rings is 1. The second kappa shape index (κ2) is 9.95. The predicted octanol–water partition coefficient (Wildman–Crippen LogP) is 2.59. The summed E-state index contributed by atoms with van der Waals surface area (Å²) in [6.07, 6.45) is 0.970. The summed E-state index contributed by atoms with van der Waals surface area (Å²) in [6, 6.07) is 9.61. The van der Waals surface area contributed by atoms with Gasteiger partial charge in [-0.3, -0.25) is 4.79 Å². The molecule has 0 fully saturated rings. The van der Waals surface area contributed by atoms with Crippen LogP contribution in [-0.4, -0.2) is 47.3 Å². The highest BCUT2D eigenvalue weighted by Gasteiger charge is 2.15. The van der Waals surface area contributed by atoms with E-state index in [1.165, 1.54) is 23.1 Å². The van der Waals surface area contributed by atoms with Crippen molar-refractivity contribution in [3.05, 3.63) is 40.9 Å². The first-order valence-electron chi connectivity index (χ1n) is 9.60. The summed E-state index contributed by atoms with van der Waals surface area (Å²) in [5.74, 6) is -0.0524. The number of nitrogens with zero attached hydrogens (tertiary/aromatic N) is 3. The summed E-state index contributed by atoms with van der Waals surface area (Å²) < 4.78 is 0.828. The second-order valence-electron chi connectivity index (χ2n) is 6.53. The minimum Gasteiger partial charge on any atom is -0.352 e. The molecule has 0 atom stereocenters. The molecule has 1 amide bonds. The number of aromatic nitrogens is 3. The lowest BCUT2D eigenvalue weighted by molar-refractivity contribution is -0.896. The van der Waals surface area contributed by atoms with Gasteiger partial charge in [-0.05, 0) is 44.7 Å². The van der Waals surface area contributed by atoms with Crippen molar-refractivity contribution in [3.63, 3.8) is 0 Å². The average Bonchev–Trinajstić information content (AvgIpc) is 3.12. The van der Waals surface area contributed by atoms with Crippen LogP contribution in [0.5, 0.6) is 0 Å². The number of hydrogen-bond acceptors (Lipinski definition) is 6. The van der Waals surface area contributed by atoms with Gasteiger partial charge in [-0.1, -0.05) is 29.5 Å². The number of fused-ring (bicyclic) bond motifs is 1. The Labute approximate surface area is 173 Å². The van der Waals surface area contributed by atoms with Crippen LogP contribution in [0.2, 0.25) is 0 Å². The summed E-state index contributed by atoms with van der Waals surface area (Å²) in [5, 5.41) is 13.8. The van der Waals surface area contributed by atoms with E-state index in [4.69, 9.17) is 0 Å². The lowest BCUT2D eigenvalue weighted by atomic mass is 10.1. The summed E-state index contributed by atoms with van der Waals surface area (Å²) in [5.41, 5.74) is 1.47. The molecular weight excluding hydrogens is 390 g/mol. The van der Waals surface area contributed by atoms with Gasteiger partial charge in [-0.2, -0.15) is 0 Å². The van der Waals surface area contributed by atoms with E-state index in [-0.39, 0.29) is 5.91 Å². The first-order chi connectivity index (χ1) is 13.6. The summed E-state index contributed by atoms with van der Waals surface area (Å²) >= 11 is 2.97. The number of para-hydroxylation sites is 1. The minimum atomic E-state index is -0.0524. The molecule has 6 nitrogen and oxygen atoms in total. The lowest BCUT2D eigenvalue weighted by Crippen LogP contribution is -3.11. The topological polar surface area (TPSA) is 72.2 Å². The van der Waals surface area contributed by atoms with Crippen LogP contribution in [0, 0.1) is 6.92 Å². The smallest absolute Gasteiger partial charge is 0.252 e. The molecule has 148 valence electrons. The first kappa shape index (κ1) is 20.7. The molecule has 3 rings (SSSR count). The number of quaternary nitrogens is 1. The zero-order chi connectivity index (χ0) is 19.9. The van der Waals surface area contributed by atoms with Gasteiger partial charge in [0.15, 0.2) is 4.34 Å². The van der Waals surface area contributed by atoms with Crippen molar-refractivity contribution in [3.8, 4) is 0 Å². The fourth-order valence-corrected chi connectivity index (χ4v) is 4.82. The van der Waals surface area contributed by atoms with E-state index >= 15 is 0 Å². The molecule has 8 heteroatoms. The van der Waals surface area contributed by atoms with Gasteiger partial charge in [-0.15, -0.1) is 10.2 Å². The van der Waals surface area contributed by atoms with Gasteiger partial charge in [0.1, 0.15) is 10.0 Å². The molecule has 0 spiro atoms. The van der Waals surface area contributed by atoms with Crippen LogP contribution >= 0.6 is 23.1 Å². The molecule has 2 heterocycles. The predicted molar refractivity (Wildman–Crippen MR) is 114 cm³/mol. The van der Waals surface area contributed by atoms with Gasteiger partial charge in [0.2, 0.25) is 0 Å². The lowest BCUT2D eigenvalue weighted by Gasteiger charge is -2.15. The van der Waals surface area contributed by atoms with Gasteiger partial charge in [0.05, 0.1) is 30.7 Å². The molecule has 0 saturated carbocycles. The van der Waals surface area contributed by atoms with Crippen molar-refractivity contribution in [1.82, 2.24) is 20.5 Å². The molecule has 0 bridgehead atoms. The maximum Gasteiger partial charge on any atom is 0.252 e. The molecule has 0 saturated heterocycles. The van der Waals surface area contributed by atoms with E-state index in [1.54, 1.807) is 4.90 Å². The Bertz CT molecular complexity index is 939. The van der Waals surface area contributed by atoms with Crippen LogP contribution in [0.15, 0.2) is 39.7 Å². The highest BCUT2D eigenvalue weighted by molar-refractivity contribution is 8.01. The number of carbonyl (C=O) groups is 1. The number of nitrogens with one attached hydrogen (secondary N) is 2. The fourth-order valence-electron chi connectivity index (χ4n) is 3.04. The zero-order valence-electron chi connectivity index (χ0n) is 16.5. The van der Waals surface area contributed by atoms with Crippen LogP contribution in [-0.2, 0) is 0 Å². The van der Waals surface area contributed by atoms with Crippen LogP contribution in [0.4, 0.5) is 0 Å². The summed E-state index contributed by atoms with van der Waals surface area (Å²) in [7, 11) is 0. The van der Waals surface area contributed by atoms with Gasteiger partial charge in [0, 0.05) is 18.4 Å². The Balaban J connectivity index is 1.75. The molecule has 0 radical (unpaired) electrons. The monoisotopic (exact) mass is 416 g/mol. The standard InChI is InChI=1S/C20H25N5OS2/c1-4-25(5-2)12-8-11-21-19(26)16-13-18(28-20-24-23-14(3)27-20)22-17-10-7-6-9-15(16)17/h6-7,9-10,13H,4-5,8,11-12H2,1-3H3,(H,21,26)/p+1. The quantitative estimate of drug-likeness (QED) is 0.525. The molecule has 28 heavy (non-hydrogen) atoms. The fraction of sp³-hybridized carbons (Fsp3) is 0.400. The minimum absolute atomic E-state index is 0.0524. The van der Waals surface area contributed by atoms with Gasteiger partial charge < -0.3 is 10.2 Å². The number of rotatable bonds is 9. The van der Waals surface area contributed by atoms with Crippen molar-refractivity contribution >= 4 is 39.9 Å². The third kappa shape index (κ3) is 5.27. The molecular formula is C20H26N5OS2+. The van der Waals surface area contributed by atoms with E-state index in [1.807, 2.05) is 37.3 Å². The number of hydrogen-bond donors (Lipinski definition) is 2. The second-order valence-corrected chi connectivity index (χ2v) is 8.98. The Hall–Kier alpha value is -2.03. The van der Waals surface area contributed by atoms with Crippen molar-refractivity contribution in [2.75, 3.05) is 26.2 Å². The Morgan fingerprint density at radius 2 is 2.00 bits per heavy atom. The molecule has 3 aromatic rings. The third-order valence-corrected chi connectivity index (χ3v) is 6.44. The summed E-state index contributed by atoms with van der Waals surface area (Å²) in [4.78, 5) is 19.1. The Morgan fingerprint density at radius 3 is 2.71 bits per heavy atom. The van der Waals surface area contributed by atoms with Crippen LogP contribution in [0.3, 0.4) is 0 Å². The molecule has 0 unspecified atom stereocenters. The van der Waals surface area contributed by atoms with Crippen LogP contribution < -0.4 is 10.2 Å². The van der Waals surface area contributed by atoms with E-state index in [0.29, 0.717) is 12.1 Å². The number of carbonyl (C=O) groups excluding carboxylic acids is 1. The molecule has 1 aromatic carbocycles. The molecule has 0 aliphatic rings. The highest BCUT2D eigenvalue weighted by atomic mass is 32.2. The molecule has 2 N–H and O–H groups in total. The maximum absolute atomic E-state index is 12.9. The van der Waals surface area contributed by atoms with E-state index in [2.05, 4.69) is 34.3 Å². The third-order valence-electron chi connectivity index (χ3n) is 4.63. The van der Waals surface area contributed by atoms with Gasteiger partial charge in [0.25, 0.3) is 5.91 Å². The van der Waals surface area contributed by atoms with Gasteiger partial charge >= 0.3 is 0 Å². The number of amides is 1. The first-order valence-corrected chi connectivity index (χ1v) is 11.2. The average molecular weight is 417 g/mol. The maximum atomic E-state index is 12.9. The highest BCUT2D eigenvalue weighted by Crippen LogP contribution is 2.31. The SMILES string of the molecule is CC[NH+](CC)CCCNC(=O)c1cc(Sc2nnc(C)s2)nc2ccccc12. The zero-order valence-corrected chi connectivity index (χ0v) is 18.1. The Kier molecular flexibility index (Phi) is 7.36. The van der Waals surface area contributed by atoms with Gasteiger partial charge in [-0.25, -0.2) is 4.98 Å². The summed E-state index contributed by atoms with van der Waals surface area (Å²) in [6.45, 7) is 10.3. The van der Waals surface area contributed by atoms with Crippen LogP contribution in [0.25, 0.3) is 10.9 Å². The van der Waals surface area contributed by atoms with Crippen molar-refractivity contribution in [2.24, 2.45) is 0 Å². The van der Waals surface area contributed by atoms with Crippen molar-refractivity contribution < 1.29 is 9.69 Å². The number of benzene rings is 1. The van der Waals surface area contributed by atoms with E-state index in [0.717, 1.165) is 51.3 Å². The largest absolute Gasteiger partial charge is 0.352 e.